The van der Waals surface area contributed by atoms with Crippen LogP contribution in [0.15, 0.2) is 60.0 Å². The second kappa shape index (κ2) is 7.66. The van der Waals surface area contributed by atoms with Crippen LogP contribution in [-0.2, 0) is 23.5 Å². The molecule has 1 aromatic carbocycles. The first-order valence-electron chi connectivity index (χ1n) is 9.13. The van der Waals surface area contributed by atoms with Crippen LogP contribution < -0.4 is 0 Å². The van der Waals surface area contributed by atoms with Crippen molar-refractivity contribution < 1.29 is 8.42 Å². The van der Waals surface area contributed by atoms with Crippen LogP contribution in [0.3, 0.4) is 0 Å². The Morgan fingerprint density at radius 1 is 1.18 bits per heavy atom. The summed E-state index contributed by atoms with van der Waals surface area (Å²) in [5.41, 5.74) is 2.80. The third-order valence-electron chi connectivity index (χ3n) is 4.93. The average molecular weight is 417 g/mol. The molecule has 0 amide bonds. The van der Waals surface area contributed by atoms with Gasteiger partial charge in [0.05, 0.1) is 18.1 Å². The predicted molar refractivity (Wildman–Crippen MR) is 108 cm³/mol. The number of hydrogen-bond donors (Lipinski definition) is 0. The van der Waals surface area contributed by atoms with E-state index < -0.39 is 10.0 Å². The summed E-state index contributed by atoms with van der Waals surface area (Å²) in [5.74, 6) is 0. The number of halogens is 1. The van der Waals surface area contributed by atoms with Gasteiger partial charge >= 0.3 is 0 Å². The van der Waals surface area contributed by atoms with Crippen LogP contribution in [0.4, 0.5) is 0 Å². The zero-order valence-corrected chi connectivity index (χ0v) is 17.1. The fraction of sp³-hybridized carbons (Fsp3) is 0.300. The Hall–Kier alpha value is -2.22. The summed E-state index contributed by atoms with van der Waals surface area (Å²) in [6.45, 7) is 0.479. The number of benzene rings is 1. The first-order chi connectivity index (χ1) is 13.4. The molecule has 1 atom stereocenters. The summed E-state index contributed by atoms with van der Waals surface area (Å²) in [6.07, 6.45) is 5.27. The minimum atomic E-state index is -3.64. The highest BCUT2D eigenvalue weighted by Crippen LogP contribution is 2.35. The van der Waals surface area contributed by atoms with Crippen molar-refractivity contribution in [1.82, 2.24) is 18.8 Å². The van der Waals surface area contributed by atoms with E-state index in [1.165, 1.54) is 16.8 Å². The highest BCUT2D eigenvalue weighted by atomic mass is 35.5. The van der Waals surface area contributed by atoms with Gasteiger partial charge < -0.3 is 4.57 Å². The lowest BCUT2D eigenvalue weighted by Crippen LogP contribution is -2.31. The van der Waals surface area contributed by atoms with Gasteiger partial charge in [-0.1, -0.05) is 29.8 Å². The van der Waals surface area contributed by atoms with Crippen molar-refractivity contribution in [3.05, 3.63) is 77.0 Å². The summed E-state index contributed by atoms with van der Waals surface area (Å²) in [4.78, 5) is 8.81. The SMILES string of the molecule is Cn1cnc(S(=O)(=O)N2CCC[C@H]2c2cccc(Cc3ccc(Cl)cc3)n2)c1. The van der Waals surface area contributed by atoms with Gasteiger partial charge in [0.1, 0.15) is 0 Å². The van der Waals surface area contributed by atoms with Crippen molar-refractivity contribution >= 4 is 21.6 Å². The fourth-order valence-electron chi connectivity index (χ4n) is 3.56. The van der Waals surface area contributed by atoms with Crippen LogP contribution in [0.5, 0.6) is 0 Å². The standard InChI is InChI=1S/C20H21ClN4O2S/c1-24-13-20(22-14-24)28(26,27)25-11-3-6-19(25)18-5-2-4-17(23-18)12-15-7-9-16(21)10-8-15/h2,4-5,7-10,13-14,19H,3,6,11-12H2,1H3/t19-/m0/s1. The molecule has 1 aliphatic heterocycles. The Kier molecular flexibility index (Phi) is 5.23. The summed E-state index contributed by atoms with van der Waals surface area (Å²) in [5, 5.41) is 0.783. The maximum Gasteiger partial charge on any atom is 0.262 e. The number of hydrogen-bond acceptors (Lipinski definition) is 4. The minimum absolute atomic E-state index is 0.0826. The van der Waals surface area contributed by atoms with Gasteiger partial charge in [-0.25, -0.2) is 13.4 Å². The Balaban J connectivity index is 1.60. The van der Waals surface area contributed by atoms with Gasteiger partial charge in [0.15, 0.2) is 5.03 Å². The van der Waals surface area contributed by atoms with Gasteiger partial charge in [-0.2, -0.15) is 4.31 Å². The van der Waals surface area contributed by atoms with Crippen LogP contribution >= 0.6 is 11.6 Å². The monoisotopic (exact) mass is 416 g/mol. The van der Waals surface area contributed by atoms with E-state index in [0.29, 0.717) is 18.0 Å². The van der Waals surface area contributed by atoms with Crippen molar-refractivity contribution in [2.45, 2.75) is 30.3 Å². The molecule has 4 rings (SSSR count). The number of sulfonamides is 1. The van der Waals surface area contributed by atoms with Gasteiger partial charge in [-0.3, -0.25) is 4.98 Å². The second-order valence-electron chi connectivity index (χ2n) is 7.01. The molecule has 0 bridgehead atoms. The average Bonchev–Trinajstić information content (AvgIpc) is 3.34. The number of aryl methyl sites for hydroxylation is 1. The molecule has 0 saturated carbocycles. The molecule has 3 heterocycles. The number of nitrogens with zero attached hydrogens (tertiary/aromatic N) is 4. The summed E-state index contributed by atoms with van der Waals surface area (Å²) in [6, 6.07) is 13.2. The third-order valence-corrected chi connectivity index (χ3v) is 6.97. The Morgan fingerprint density at radius 3 is 2.68 bits per heavy atom. The largest absolute Gasteiger partial charge is 0.339 e. The summed E-state index contributed by atoms with van der Waals surface area (Å²) in [7, 11) is -1.89. The molecule has 6 nitrogen and oxygen atoms in total. The van der Waals surface area contributed by atoms with Gasteiger partial charge in [0.25, 0.3) is 10.0 Å². The van der Waals surface area contributed by atoms with Crippen molar-refractivity contribution in [3.63, 3.8) is 0 Å². The van der Waals surface area contributed by atoms with Crippen molar-refractivity contribution in [2.75, 3.05) is 6.54 Å². The van der Waals surface area contributed by atoms with E-state index >= 15 is 0 Å². The number of imidazole rings is 1. The van der Waals surface area contributed by atoms with Gasteiger partial charge in [-0.15, -0.1) is 0 Å². The second-order valence-corrected chi connectivity index (χ2v) is 9.28. The minimum Gasteiger partial charge on any atom is -0.339 e. The lowest BCUT2D eigenvalue weighted by Gasteiger charge is -2.23. The third kappa shape index (κ3) is 3.83. The highest BCUT2D eigenvalue weighted by molar-refractivity contribution is 7.89. The Bertz CT molecular complexity index is 1080. The zero-order chi connectivity index (χ0) is 19.7. The lowest BCUT2D eigenvalue weighted by molar-refractivity contribution is 0.388. The Morgan fingerprint density at radius 2 is 1.96 bits per heavy atom. The van der Waals surface area contributed by atoms with Gasteiger partial charge in [0.2, 0.25) is 0 Å². The maximum absolute atomic E-state index is 13.0. The lowest BCUT2D eigenvalue weighted by atomic mass is 10.1. The molecule has 0 radical (unpaired) electrons. The van der Waals surface area contributed by atoms with Gasteiger partial charge in [-0.05, 0) is 42.7 Å². The van der Waals surface area contributed by atoms with Crippen molar-refractivity contribution in [3.8, 4) is 0 Å². The molecule has 3 aromatic rings. The van der Waals surface area contributed by atoms with E-state index in [2.05, 4.69) is 4.98 Å². The first-order valence-corrected chi connectivity index (χ1v) is 11.0. The molecule has 0 unspecified atom stereocenters. The highest BCUT2D eigenvalue weighted by Gasteiger charge is 2.38. The van der Waals surface area contributed by atoms with Crippen LogP contribution in [0.1, 0.15) is 35.8 Å². The molecule has 0 aliphatic carbocycles. The quantitative estimate of drug-likeness (QED) is 0.637. The molecule has 0 spiro atoms. The van der Waals surface area contributed by atoms with E-state index in [1.54, 1.807) is 11.6 Å². The van der Waals surface area contributed by atoms with Gasteiger partial charge in [0, 0.05) is 36.9 Å². The molecular formula is C20H21ClN4O2S. The molecular weight excluding hydrogens is 396 g/mol. The van der Waals surface area contributed by atoms with E-state index in [0.717, 1.165) is 29.8 Å². The molecule has 28 heavy (non-hydrogen) atoms. The molecule has 1 fully saturated rings. The van der Waals surface area contributed by atoms with E-state index in [4.69, 9.17) is 16.6 Å². The fourth-order valence-corrected chi connectivity index (χ4v) is 5.32. The summed E-state index contributed by atoms with van der Waals surface area (Å²) < 4.78 is 29.3. The van der Waals surface area contributed by atoms with Crippen molar-refractivity contribution in [1.29, 1.82) is 0 Å². The predicted octanol–water partition coefficient (Wildman–Crippen LogP) is 3.59. The number of aromatic nitrogens is 3. The maximum atomic E-state index is 13.0. The first kappa shape index (κ1) is 19.1. The number of pyridine rings is 1. The smallest absolute Gasteiger partial charge is 0.262 e. The zero-order valence-electron chi connectivity index (χ0n) is 15.5. The topological polar surface area (TPSA) is 68.1 Å². The molecule has 0 N–H and O–H groups in total. The number of rotatable bonds is 5. The Labute approximate surface area is 169 Å². The molecule has 2 aromatic heterocycles. The van der Waals surface area contributed by atoms with Crippen LogP contribution in [-0.4, -0.2) is 33.8 Å². The van der Waals surface area contributed by atoms with E-state index in [-0.39, 0.29) is 11.1 Å². The molecule has 146 valence electrons. The van der Waals surface area contributed by atoms with Crippen LogP contribution in [0.2, 0.25) is 5.02 Å². The van der Waals surface area contributed by atoms with Crippen LogP contribution in [0.25, 0.3) is 0 Å². The van der Waals surface area contributed by atoms with Crippen molar-refractivity contribution in [2.24, 2.45) is 7.05 Å². The normalized spacial score (nSPS) is 17.9. The molecule has 1 aliphatic rings. The van der Waals surface area contributed by atoms with Crippen LogP contribution in [0, 0.1) is 0 Å². The summed E-state index contributed by atoms with van der Waals surface area (Å²) >= 11 is 5.95. The molecule has 1 saturated heterocycles. The van der Waals surface area contributed by atoms with E-state index in [1.807, 2.05) is 42.5 Å². The van der Waals surface area contributed by atoms with E-state index in [9.17, 15) is 8.42 Å². The molecule has 8 heteroatoms.